The van der Waals surface area contributed by atoms with Crippen LogP contribution < -0.4 is 9.91 Å². The summed E-state index contributed by atoms with van der Waals surface area (Å²) in [7, 11) is 0. The van der Waals surface area contributed by atoms with Gasteiger partial charge in [-0.3, -0.25) is 14.6 Å². The van der Waals surface area contributed by atoms with Crippen molar-refractivity contribution < 1.29 is 18.7 Å². The van der Waals surface area contributed by atoms with Crippen LogP contribution in [0.4, 0.5) is 15.8 Å². The zero-order valence-corrected chi connectivity index (χ0v) is 18.0. The normalized spacial score (nSPS) is 31.1. The van der Waals surface area contributed by atoms with Gasteiger partial charge in [-0.25, -0.2) is 9.29 Å². The zero-order valence-electron chi connectivity index (χ0n) is 18.0. The van der Waals surface area contributed by atoms with Crippen molar-refractivity contribution in [3.05, 3.63) is 96.3 Å². The largest absolute Gasteiger partial charge is 0.370 e. The first-order chi connectivity index (χ1) is 16.6. The van der Waals surface area contributed by atoms with Crippen LogP contribution in [-0.4, -0.2) is 35.8 Å². The zero-order chi connectivity index (χ0) is 23.0. The third-order valence-electron chi connectivity index (χ3n) is 7.47. The molecule has 3 fully saturated rings. The van der Waals surface area contributed by atoms with Crippen LogP contribution in [0.3, 0.4) is 0 Å². The summed E-state index contributed by atoms with van der Waals surface area (Å²) in [6, 6.07) is 25.1. The molecule has 4 heterocycles. The number of carbonyl (C=O) groups is 2. The Bertz CT molecular complexity index is 1330. The molecule has 0 spiro atoms. The number of hydrazone groups is 1. The minimum absolute atomic E-state index is 0.140. The second kappa shape index (κ2) is 7.08. The minimum Gasteiger partial charge on any atom is -0.370 e. The molecule has 0 radical (unpaired) electrons. The quantitative estimate of drug-likeness (QED) is 0.569. The van der Waals surface area contributed by atoms with E-state index in [1.807, 2.05) is 65.7 Å². The van der Waals surface area contributed by atoms with E-state index in [9.17, 15) is 14.0 Å². The molecule has 6 nitrogen and oxygen atoms in total. The molecule has 0 N–H and O–H groups in total. The third kappa shape index (κ3) is 2.56. The van der Waals surface area contributed by atoms with Crippen molar-refractivity contribution in [2.45, 2.75) is 18.2 Å². The predicted molar refractivity (Wildman–Crippen MR) is 124 cm³/mol. The van der Waals surface area contributed by atoms with E-state index in [0.717, 1.165) is 17.0 Å². The lowest BCUT2D eigenvalue weighted by atomic mass is 9.70. The van der Waals surface area contributed by atoms with Gasteiger partial charge in [0, 0.05) is 0 Å². The van der Waals surface area contributed by atoms with E-state index in [4.69, 9.17) is 9.84 Å². The second-order valence-electron chi connectivity index (χ2n) is 9.15. The van der Waals surface area contributed by atoms with Crippen molar-refractivity contribution in [3.63, 3.8) is 0 Å². The van der Waals surface area contributed by atoms with E-state index < -0.39 is 29.9 Å². The van der Waals surface area contributed by atoms with Gasteiger partial charge in [-0.05, 0) is 42.0 Å². The third-order valence-corrected chi connectivity index (χ3v) is 7.47. The van der Waals surface area contributed by atoms with Gasteiger partial charge in [0.15, 0.2) is 0 Å². The summed E-state index contributed by atoms with van der Waals surface area (Å²) in [6.45, 7) is 0. The Hall–Kier alpha value is -3.84. The van der Waals surface area contributed by atoms with E-state index in [0.29, 0.717) is 5.69 Å². The van der Waals surface area contributed by atoms with Crippen LogP contribution in [0.1, 0.15) is 5.56 Å². The number of nitrogens with zero attached hydrogens (tertiary/aromatic N) is 3. The van der Waals surface area contributed by atoms with Crippen LogP contribution in [0.25, 0.3) is 0 Å². The number of ether oxygens (including phenoxy) is 1. The van der Waals surface area contributed by atoms with Gasteiger partial charge in [0.25, 0.3) is 0 Å². The Labute approximate surface area is 195 Å². The lowest BCUT2D eigenvalue weighted by Crippen LogP contribution is -2.50. The number of anilines is 2. The fraction of sp³-hybridized carbons (Fsp3) is 0.222. The van der Waals surface area contributed by atoms with Gasteiger partial charge in [0.1, 0.15) is 5.82 Å². The van der Waals surface area contributed by atoms with E-state index >= 15 is 0 Å². The highest BCUT2D eigenvalue weighted by molar-refractivity contribution is 6.23. The molecule has 168 valence electrons. The summed E-state index contributed by atoms with van der Waals surface area (Å²) in [6.07, 6.45) is -0.915. The lowest BCUT2D eigenvalue weighted by molar-refractivity contribution is -0.125. The number of fused-ring (bicyclic) bond motifs is 8. The molecule has 0 saturated carbocycles. The Kier molecular flexibility index (Phi) is 4.08. The number of benzene rings is 3. The molecule has 0 aromatic heterocycles. The molecule has 6 atom stereocenters. The fourth-order valence-electron chi connectivity index (χ4n) is 6.13. The number of amides is 2. The number of hydrogen-bond donors (Lipinski definition) is 0. The van der Waals surface area contributed by atoms with Crippen LogP contribution >= 0.6 is 0 Å². The highest BCUT2D eigenvalue weighted by Crippen LogP contribution is 2.56. The molecule has 34 heavy (non-hydrogen) atoms. The van der Waals surface area contributed by atoms with Crippen molar-refractivity contribution >= 4 is 28.9 Å². The highest BCUT2D eigenvalue weighted by Gasteiger charge is 2.72. The maximum Gasteiger partial charge on any atom is 0.240 e. The first kappa shape index (κ1) is 19.6. The van der Waals surface area contributed by atoms with Gasteiger partial charge in [0.05, 0.1) is 53.1 Å². The Morgan fingerprint density at radius 3 is 2.00 bits per heavy atom. The molecule has 3 aromatic carbocycles. The van der Waals surface area contributed by atoms with Crippen molar-refractivity contribution in [3.8, 4) is 0 Å². The van der Waals surface area contributed by atoms with Crippen molar-refractivity contribution in [2.75, 3.05) is 9.91 Å². The maximum atomic E-state index is 13.5. The van der Waals surface area contributed by atoms with Gasteiger partial charge in [-0.1, -0.05) is 48.5 Å². The van der Waals surface area contributed by atoms with Crippen molar-refractivity contribution in [2.24, 2.45) is 22.9 Å². The monoisotopic (exact) mass is 453 g/mol. The van der Waals surface area contributed by atoms with Crippen LogP contribution in [0.15, 0.2) is 90.0 Å². The predicted octanol–water partition coefficient (Wildman–Crippen LogP) is 3.62. The van der Waals surface area contributed by atoms with E-state index in [1.165, 1.54) is 29.2 Å². The maximum absolute atomic E-state index is 13.5. The van der Waals surface area contributed by atoms with Gasteiger partial charge in [-0.15, -0.1) is 0 Å². The second-order valence-corrected chi connectivity index (χ2v) is 9.15. The molecular weight excluding hydrogens is 433 g/mol. The van der Waals surface area contributed by atoms with Crippen LogP contribution in [0.5, 0.6) is 0 Å². The summed E-state index contributed by atoms with van der Waals surface area (Å²) in [5, 5.41) is 6.97. The average Bonchev–Trinajstić information content (AvgIpc) is 3.60. The summed E-state index contributed by atoms with van der Waals surface area (Å²) >= 11 is 0. The Morgan fingerprint density at radius 1 is 0.706 bits per heavy atom. The molecule has 0 aliphatic carbocycles. The number of halogens is 1. The standard InChI is InChI=1S/C27H20FN3O3/c28-16-11-13-17(14-12-16)30-26(32)19-20(27(30)33)25-23-21(24(19)34-25)22(15-7-3-1-4-8-15)29-31(23)18-9-5-2-6-10-18/h1-14,19-21,23-25H/t19-,20+,21-,23+,24+,25-/m0/s1. The molecule has 3 saturated heterocycles. The molecule has 2 amide bonds. The molecule has 0 unspecified atom stereocenters. The first-order valence-corrected chi connectivity index (χ1v) is 11.4. The summed E-state index contributed by atoms with van der Waals surface area (Å²) < 4.78 is 19.9. The van der Waals surface area contributed by atoms with Crippen molar-refractivity contribution in [1.82, 2.24) is 0 Å². The molecule has 4 aliphatic rings. The number of imide groups is 1. The SMILES string of the molecule is O=C1[C@@H]2[C@H]3O[C@@H]([C@@H]2C(=O)N1c1ccc(F)cc1)[C@H]1[C@@H]3C(c2ccccc2)=NN1c1ccccc1. The topological polar surface area (TPSA) is 62.2 Å². The summed E-state index contributed by atoms with van der Waals surface area (Å²) in [5.41, 5.74) is 3.17. The van der Waals surface area contributed by atoms with Crippen LogP contribution in [0.2, 0.25) is 0 Å². The Morgan fingerprint density at radius 2 is 1.32 bits per heavy atom. The van der Waals surface area contributed by atoms with Crippen molar-refractivity contribution in [1.29, 1.82) is 0 Å². The molecular formula is C27H20FN3O3. The molecule has 2 bridgehead atoms. The van der Waals surface area contributed by atoms with E-state index in [1.54, 1.807) is 0 Å². The van der Waals surface area contributed by atoms with Gasteiger partial charge < -0.3 is 4.74 Å². The van der Waals surface area contributed by atoms with Gasteiger partial charge in [0.2, 0.25) is 11.8 Å². The fourth-order valence-corrected chi connectivity index (χ4v) is 6.13. The molecule has 3 aromatic rings. The molecule has 4 aliphatic heterocycles. The lowest BCUT2D eigenvalue weighted by Gasteiger charge is -2.32. The van der Waals surface area contributed by atoms with E-state index in [2.05, 4.69) is 0 Å². The minimum atomic E-state index is -0.583. The number of hydrogen-bond acceptors (Lipinski definition) is 5. The van der Waals surface area contributed by atoms with Gasteiger partial charge in [-0.2, -0.15) is 5.10 Å². The highest BCUT2D eigenvalue weighted by atomic mass is 19.1. The molecule has 7 heteroatoms. The van der Waals surface area contributed by atoms with E-state index in [-0.39, 0.29) is 23.8 Å². The summed E-state index contributed by atoms with van der Waals surface area (Å²) in [5.74, 6) is -2.28. The number of para-hydroxylation sites is 1. The summed E-state index contributed by atoms with van der Waals surface area (Å²) in [4.78, 5) is 28.3. The molecule has 7 rings (SSSR count). The average molecular weight is 453 g/mol. The smallest absolute Gasteiger partial charge is 0.240 e. The first-order valence-electron chi connectivity index (χ1n) is 11.4. The number of carbonyl (C=O) groups excluding carboxylic acids is 2. The Balaban J connectivity index is 1.32. The van der Waals surface area contributed by atoms with Gasteiger partial charge >= 0.3 is 0 Å². The van der Waals surface area contributed by atoms with Crippen LogP contribution in [-0.2, 0) is 14.3 Å². The van der Waals surface area contributed by atoms with Crippen LogP contribution in [0, 0.1) is 23.6 Å². The number of rotatable bonds is 3.